The number of para-hydroxylation sites is 1. The number of amides is 1. The van der Waals surface area contributed by atoms with Crippen LogP contribution >= 0.6 is 0 Å². The predicted molar refractivity (Wildman–Crippen MR) is 137 cm³/mol. The Balaban J connectivity index is 1.70. The lowest BCUT2D eigenvalue weighted by Crippen LogP contribution is -2.23. The molecule has 0 saturated carbocycles. The summed E-state index contributed by atoms with van der Waals surface area (Å²) in [6.07, 6.45) is 3.40. The molecule has 0 unspecified atom stereocenters. The number of aryl methyl sites for hydroxylation is 1. The smallest absolute Gasteiger partial charge is 0.261 e. The molecule has 4 aromatic rings. The zero-order valence-corrected chi connectivity index (χ0v) is 19.7. The fourth-order valence-corrected chi connectivity index (χ4v) is 3.57. The molecular formula is C29H26N4O2. The first-order chi connectivity index (χ1) is 17.1. The number of nitrogens with zero attached hydrogens (tertiary/aromatic N) is 3. The summed E-state index contributed by atoms with van der Waals surface area (Å²) in [4.78, 5) is 12.3. The third-order valence-corrected chi connectivity index (χ3v) is 5.40. The number of nitrogens with one attached hydrogen (secondary N) is 1. The van der Waals surface area contributed by atoms with Crippen LogP contribution in [0.4, 0.5) is 0 Å². The standard InChI is InChI=1S/C29H26N4O2/c1-3-31-29(34)24(18-30)16-25-19-33(26-9-5-4-6-10-26)32-28(25)23-8-7-11-27(17-23)35-20-22-14-12-21(2)13-15-22/h4-17,19H,3,20H2,1-2H3,(H,31,34)/b24-16-. The molecule has 0 aliphatic heterocycles. The minimum absolute atomic E-state index is 0.0208. The van der Waals surface area contributed by atoms with Crippen LogP contribution < -0.4 is 10.1 Å². The molecule has 3 aromatic carbocycles. The Labute approximate surface area is 205 Å². The molecule has 1 amide bonds. The van der Waals surface area contributed by atoms with Crippen molar-refractivity contribution in [2.24, 2.45) is 0 Å². The Morgan fingerprint density at radius 1 is 1.09 bits per heavy atom. The summed E-state index contributed by atoms with van der Waals surface area (Å²) in [5, 5.41) is 17.1. The lowest BCUT2D eigenvalue weighted by Gasteiger charge is -2.08. The monoisotopic (exact) mass is 462 g/mol. The first-order valence-corrected chi connectivity index (χ1v) is 11.4. The molecule has 0 saturated heterocycles. The van der Waals surface area contributed by atoms with Crippen molar-refractivity contribution in [1.82, 2.24) is 15.1 Å². The molecule has 1 N–H and O–H groups in total. The van der Waals surface area contributed by atoms with E-state index in [-0.39, 0.29) is 5.57 Å². The van der Waals surface area contributed by atoms with Crippen LogP contribution in [-0.2, 0) is 11.4 Å². The van der Waals surface area contributed by atoms with Gasteiger partial charge in [0.25, 0.3) is 5.91 Å². The number of ether oxygens (including phenoxy) is 1. The van der Waals surface area contributed by atoms with Gasteiger partial charge in [-0.3, -0.25) is 4.79 Å². The molecule has 0 aliphatic rings. The minimum Gasteiger partial charge on any atom is -0.489 e. The Morgan fingerprint density at radius 2 is 1.86 bits per heavy atom. The second-order valence-electron chi connectivity index (χ2n) is 8.04. The number of aromatic nitrogens is 2. The van der Waals surface area contributed by atoms with Gasteiger partial charge in [0.2, 0.25) is 0 Å². The van der Waals surface area contributed by atoms with Gasteiger partial charge in [-0.25, -0.2) is 4.68 Å². The van der Waals surface area contributed by atoms with Gasteiger partial charge < -0.3 is 10.1 Å². The normalized spacial score (nSPS) is 11.1. The third kappa shape index (κ3) is 5.84. The average molecular weight is 463 g/mol. The molecule has 174 valence electrons. The Kier molecular flexibility index (Phi) is 7.39. The van der Waals surface area contributed by atoms with Gasteiger partial charge >= 0.3 is 0 Å². The van der Waals surface area contributed by atoms with Crippen LogP contribution in [0.3, 0.4) is 0 Å². The quantitative estimate of drug-likeness (QED) is 0.278. The second-order valence-corrected chi connectivity index (χ2v) is 8.04. The van der Waals surface area contributed by atoms with E-state index in [1.54, 1.807) is 10.8 Å². The highest BCUT2D eigenvalue weighted by Crippen LogP contribution is 2.29. The molecule has 0 fully saturated rings. The summed E-state index contributed by atoms with van der Waals surface area (Å²) in [6, 6.07) is 27.6. The molecule has 6 nitrogen and oxygen atoms in total. The molecule has 0 atom stereocenters. The topological polar surface area (TPSA) is 79.9 Å². The van der Waals surface area contributed by atoms with E-state index in [4.69, 9.17) is 9.84 Å². The van der Waals surface area contributed by atoms with Gasteiger partial charge in [-0.1, -0.05) is 60.2 Å². The van der Waals surface area contributed by atoms with E-state index in [1.807, 2.05) is 85.9 Å². The Morgan fingerprint density at radius 3 is 2.57 bits per heavy atom. The van der Waals surface area contributed by atoms with Crippen molar-refractivity contribution in [3.05, 3.63) is 107 Å². The van der Waals surface area contributed by atoms with Crippen molar-refractivity contribution in [3.63, 3.8) is 0 Å². The highest BCUT2D eigenvalue weighted by molar-refractivity contribution is 6.02. The lowest BCUT2D eigenvalue weighted by atomic mass is 10.1. The maximum Gasteiger partial charge on any atom is 0.261 e. The van der Waals surface area contributed by atoms with Gasteiger partial charge in [0.1, 0.15) is 29.7 Å². The van der Waals surface area contributed by atoms with E-state index in [9.17, 15) is 10.1 Å². The van der Waals surface area contributed by atoms with E-state index in [0.717, 1.165) is 16.8 Å². The Hall–Kier alpha value is -4.63. The number of likely N-dealkylation sites (N-methyl/N-ethyl adjacent to an activating group) is 1. The van der Waals surface area contributed by atoms with Crippen molar-refractivity contribution in [2.75, 3.05) is 6.54 Å². The fourth-order valence-electron chi connectivity index (χ4n) is 3.57. The SMILES string of the molecule is CCNC(=O)/C(C#N)=C\c1cn(-c2ccccc2)nc1-c1cccc(OCc2ccc(C)cc2)c1. The van der Waals surface area contributed by atoms with E-state index < -0.39 is 5.91 Å². The van der Waals surface area contributed by atoms with Gasteiger partial charge in [0, 0.05) is 23.9 Å². The van der Waals surface area contributed by atoms with Crippen LogP contribution in [0.1, 0.15) is 23.6 Å². The van der Waals surface area contributed by atoms with Gasteiger partial charge in [0.05, 0.1) is 5.69 Å². The summed E-state index contributed by atoms with van der Waals surface area (Å²) in [5.41, 5.74) is 5.30. The molecular weight excluding hydrogens is 436 g/mol. The van der Waals surface area contributed by atoms with Crippen LogP contribution in [0.15, 0.2) is 90.6 Å². The molecule has 1 aromatic heterocycles. The first-order valence-electron chi connectivity index (χ1n) is 11.4. The summed E-state index contributed by atoms with van der Waals surface area (Å²) in [7, 11) is 0. The summed E-state index contributed by atoms with van der Waals surface area (Å²) in [6.45, 7) is 4.76. The highest BCUT2D eigenvalue weighted by atomic mass is 16.5. The van der Waals surface area contributed by atoms with Crippen LogP contribution in [-0.4, -0.2) is 22.2 Å². The fraction of sp³-hybridized carbons (Fsp3) is 0.138. The third-order valence-electron chi connectivity index (χ3n) is 5.40. The number of carbonyl (C=O) groups is 1. The van der Waals surface area contributed by atoms with Crippen LogP contribution in [0.5, 0.6) is 5.75 Å². The predicted octanol–water partition coefficient (Wildman–Crippen LogP) is 5.47. The molecule has 0 aliphatic carbocycles. The van der Waals surface area contributed by atoms with Crippen molar-refractivity contribution in [3.8, 4) is 28.8 Å². The van der Waals surface area contributed by atoms with Crippen molar-refractivity contribution >= 4 is 12.0 Å². The average Bonchev–Trinajstić information content (AvgIpc) is 3.32. The number of rotatable bonds is 8. The van der Waals surface area contributed by atoms with Gasteiger partial charge in [0.15, 0.2) is 0 Å². The molecule has 0 spiro atoms. The largest absolute Gasteiger partial charge is 0.489 e. The van der Waals surface area contributed by atoms with E-state index in [0.29, 0.717) is 30.2 Å². The van der Waals surface area contributed by atoms with Gasteiger partial charge in [-0.15, -0.1) is 0 Å². The number of hydrogen-bond donors (Lipinski definition) is 1. The zero-order chi connectivity index (χ0) is 24.6. The summed E-state index contributed by atoms with van der Waals surface area (Å²) in [5.74, 6) is 0.292. The van der Waals surface area contributed by atoms with Gasteiger partial charge in [-0.05, 0) is 49.8 Å². The van der Waals surface area contributed by atoms with Crippen LogP contribution in [0.25, 0.3) is 23.0 Å². The Bertz CT molecular complexity index is 1380. The molecule has 0 radical (unpaired) electrons. The molecule has 35 heavy (non-hydrogen) atoms. The van der Waals surface area contributed by atoms with E-state index >= 15 is 0 Å². The number of hydrogen-bond acceptors (Lipinski definition) is 4. The van der Waals surface area contributed by atoms with Crippen LogP contribution in [0, 0.1) is 18.3 Å². The summed E-state index contributed by atoms with van der Waals surface area (Å²) < 4.78 is 7.78. The van der Waals surface area contributed by atoms with Crippen molar-refractivity contribution in [1.29, 1.82) is 5.26 Å². The number of benzene rings is 3. The highest BCUT2D eigenvalue weighted by Gasteiger charge is 2.15. The lowest BCUT2D eigenvalue weighted by molar-refractivity contribution is -0.116. The van der Waals surface area contributed by atoms with Crippen LogP contribution in [0.2, 0.25) is 0 Å². The number of nitriles is 1. The van der Waals surface area contributed by atoms with E-state index in [2.05, 4.69) is 24.4 Å². The van der Waals surface area contributed by atoms with Crippen molar-refractivity contribution < 1.29 is 9.53 Å². The maximum absolute atomic E-state index is 12.3. The molecule has 0 bridgehead atoms. The maximum atomic E-state index is 12.3. The minimum atomic E-state index is -0.413. The first kappa shape index (κ1) is 23.5. The second kappa shape index (κ2) is 11.0. The zero-order valence-electron chi connectivity index (χ0n) is 19.7. The van der Waals surface area contributed by atoms with E-state index in [1.165, 1.54) is 5.56 Å². The molecule has 1 heterocycles. The van der Waals surface area contributed by atoms with Crippen molar-refractivity contribution in [2.45, 2.75) is 20.5 Å². The molecule has 6 heteroatoms. The number of carbonyl (C=O) groups excluding carboxylic acids is 1. The molecule has 4 rings (SSSR count). The van der Waals surface area contributed by atoms with Gasteiger partial charge in [-0.2, -0.15) is 10.4 Å². The summed E-state index contributed by atoms with van der Waals surface area (Å²) >= 11 is 0.